The first kappa shape index (κ1) is 19.3. The van der Waals surface area contributed by atoms with E-state index in [-0.39, 0.29) is 23.5 Å². The van der Waals surface area contributed by atoms with E-state index in [0.29, 0.717) is 25.2 Å². The fourth-order valence-corrected chi connectivity index (χ4v) is 7.44. The first-order valence-electron chi connectivity index (χ1n) is 10.6. The molecule has 0 bridgehead atoms. The van der Waals surface area contributed by atoms with Gasteiger partial charge in [-0.15, -0.1) is 0 Å². The van der Waals surface area contributed by atoms with Crippen molar-refractivity contribution in [3.8, 4) is 0 Å². The zero-order chi connectivity index (χ0) is 19.8. The Kier molecular flexibility index (Phi) is 4.29. The van der Waals surface area contributed by atoms with E-state index < -0.39 is 28.7 Å². The lowest BCUT2D eigenvalue weighted by Crippen LogP contribution is -2.67. The molecule has 0 heterocycles. The summed E-state index contributed by atoms with van der Waals surface area (Å²) in [6.45, 7) is 8.20. The highest BCUT2D eigenvalue weighted by Gasteiger charge is 2.71. The van der Waals surface area contributed by atoms with E-state index >= 15 is 4.39 Å². The molecule has 0 unspecified atom stereocenters. The van der Waals surface area contributed by atoms with Crippen molar-refractivity contribution < 1.29 is 19.4 Å². The number of hydrogen-bond acceptors (Lipinski definition) is 3. The molecule has 4 rings (SSSR count). The number of carbonyl (C=O) groups excluding carboxylic acids is 1. The molecule has 0 aromatic rings. The molecule has 0 aromatic heterocycles. The minimum absolute atomic E-state index is 0.0719. The Morgan fingerprint density at radius 1 is 1.30 bits per heavy atom. The third kappa shape index (κ3) is 2.35. The Morgan fingerprint density at radius 3 is 2.67 bits per heavy atom. The van der Waals surface area contributed by atoms with E-state index in [0.717, 1.165) is 18.4 Å². The van der Waals surface area contributed by atoms with Gasteiger partial charge >= 0.3 is 0 Å². The van der Waals surface area contributed by atoms with E-state index in [2.05, 4.69) is 20.8 Å². The highest BCUT2D eigenvalue weighted by Crippen LogP contribution is 2.69. The summed E-state index contributed by atoms with van der Waals surface area (Å²) in [7, 11) is 0. The minimum Gasteiger partial charge on any atom is -0.392 e. The van der Waals surface area contributed by atoms with Gasteiger partial charge < -0.3 is 10.2 Å². The van der Waals surface area contributed by atoms with E-state index in [1.165, 1.54) is 6.08 Å². The number of rotatable bonds is 2. The van der Waals surface area contributed by atoms with E-state index in [1.54, 1.807) is 12.2 Å². The highest BCUT2D eigenvalue weighted by atomic mass is 19.1. The van der Waals surface area contributed by atoms with Gasteiger partial charge in [0.2, 0.25) is 0 Å². The van der Waals surface area contributed by atoms with Gasteiger partial charge in [0, 0.05) is 16.7 Å². The predicted molar refractivity (Wildman–Crippen MR) is 103 cm³/mol. The van der Waals surface area contributed by atoms with Gasteiger partial charge in [-0.1, -0.05) is 32.4 Å². The van der Waals surface area contributed by atoms with Gasteiger partial charge in [-0.3, -0.25) is 4.79 Å². The summed E-state index contributed by atoms with van der Waals surface area (Å²) in [5.41, 5.74) is -2.32. The summed E-state index contributed by atoms with van der Waals surface area (Å²) in [5, 5.41) is 22.3. The standard InChI is InChI=1S/C23H33FO3/c1-13(2)11-22-12-19(26)23(24)17(18(22)9-14(3)20(22)27)6-5-15-10-16(25)7-8-21(15,23)4/h7-8,10,13-14,17-20,26-27H,5-6,9,11-12H2,1-4H3/t14-,17-,18-,19-,20+,21-,22-,23-/m0/s1. The molecular formula is C23H33FO3. The Labute approximate surface area is 161 Å². The van der Waals surface area contributed by atoms with Crippen molar-refractivity contribution in [2.24, 2.45) is 34.5 Å². The molecule has 4 aliphatic rings. The van der Waals surface area contributed by atoms with Gasteiger partial charge in [-0.2, -0.15) is 0 Å². The molecule has 0 saturated heterocycles. The van der Waals surface area contributed by atoms with Crippen molar-refractivity contribution in [1.29, 1.82) is 0 Å². The number of ketones is 1. The maximum absolute atomic E-state index is 16.9. The smallest absolute Gasteiger partial charge is 0.178 e. The van der Waals surface area contributed by atoms with Crippen LogP contribution in [0, 0.1) is 34.5 Å². The third-order valence-electron chi connectivity index (χ3n) is 8.45. The number of fused-ring (bicyclic) bond motifs is 5. The van der Waals surface area contributed by atoms with Gasteiger partial charge in [0.05, 0.1) is 12.2 Å². The van der Waals surface area contributed by atoms with Gasteiger partial charge in [-0.25, -0.2) is 4.39 Å². The Hall–Kier alpha value is -1.00. The monoisotopic (exact) mass is 376 g/mol. The van der Waals surface area contributed by atoms with Gasteiger partial charge in [0.1, 0.15) is 0 Å². The number of aliphatic hydroxyl groups is 2. The Bertz CT molecular complexity index is 712. The van der Waals surface area contributed by atoms with Crippen LogP contribution in [0.5, 0.6) is 0 Å². The molecule has 3 nitrogen and oxygen atoms in total. The molecule has 4 heteroatoms. The molecule has 4 aliphatic carbocycles. The molecule has 0 aromatic carbocycles. The average Bonchev–Trinajstić information content (AvgIpc) is 2.81. The molecule has 3 saturated carbocycles. The average molecular weight is 377 g/mol. The SMILES string of the molecule is CC(C)C[C@]12C[C@H](O)[C@@]3(F)[C@@H](CCC4=CC(=O)C=C[C@@]43C)[C@@H]1C[C@H](C)[C@H]2O. The van der Waals surface area contributed by atoms with E-state index in [9.17, 15) is 15.0 Å². The summed E-state index contributed by atoms with van der Waals surface area (Å²) >= 11 is 0. The fourth-order valence-electron chi connectivity index (χ4n) is 7.44. The van der Waals surface area contributed by atoms with Crippen LogP contribution in [0.3, 0.4) is 0 Å². The van der Waals surface area contributed by atoms with Crippen LogP contribution in [0.25, 0.3) is 0 Å². The van der Waals surface area contributed by atoms with Crippen LogP contribution < -0.4 is 0 Å². The van der Waals surface area contributed by atoms with Crippen molar-refractivity contribution in [2.75, 3.05) is 0 Å². The summed E-state index contributed by atoms with van der Waals surface area (Å²) < 4.78 is 16.9. The van der Waals surface area contributed by atoms with Crippen LogP contribution in [-0.4, -0.2) is 33.9 Å². The molecule has 8 atom stereocenters. The molecule has 0 amide bonds. The Morgan fingerprint density at radius 2 is 2.00 bits per heavy atom. The van der Waals surface area contributed by atoms with Crippen molar-refractivity contribution in [2.45, 2.75) is 77.7 Å². The largest absolute Gasteiger partial charge is 0.392 e. The molecular weight excluding hydrogens is 343 g/mol. The normalized spacial score (nSPS) is 51.6. The Balaban J connectivity index is 1.82. The topological polar surface area (TPSA) is 57.5 Å². The molecule has 27 heavy (non-hydrogen) atoms. The maximum Gasteiger partial charge on any atom is 0.178 e. The number of hydrogen-bond donors (Lipinski definition) is 2. The van der Waals surface area contributed by atoms with Gasteiger partial charge in [0.15, 0.2) is 11.5 Å². The number of allylic oxidation sites excluding steroid dienone is 4. The maximum atomic E-state index is 16.9. The second-order valence-corrected chi connectivity index (χ2v) is 10.3. The van der Waals surface area contributed by atoms with Gasteiger partial charge in [-0.05, 0) is 68.9 Å². The molecule has 0 spiro atoms. The van der Waals surface area contributed by atoms with Crippen LogP contribution >= 0.6 is 0 Å². The quantitative estimate of drug-likeness (QED) is 0.766. The zero-order valence-corrected chi connectivity index (χ0v) is 16.9. The molecule has 150 valence electrons. The lowest BCUT2D eigenvalue weighted by molar-refractivity contribution is -0.209. The fraction of sp³-hybridized carbons (Fsp3) is 0.783. The lowest BCUT2D eigenvalue weighted by atomic mass is 9.44. The first-order valence-corrected chi connectivity index (χ1v) is 10.6. The van der Waals surface area contributed by atoms with Gasteiger partial charge in [0.25, 0.3) is 0 Å². The second kappa shape index (κ2) is 6.00. The molecule has 0 aliphatic heterocycles. The van der Waals surface area contributed by atoms with Crippen molar-refractivity contribution in [1.82, 2.24) is 0 Å². The number of halogens is 1. The number of carbonyl (C=O) groups is 1. The van der Waals surface area contributed by atoms with E-state index in [4.69, 9.17) is 0 Å². The zero-order valence-electron chi connectivity index (χ0n) is 16.9. The van der Waals surface area contributed by atoms with Crippen molar-refractivity contribution >= 4 is 5.78 Å². The van der Waals surface area contributed by atoms with Crippen molar-refractivity contribution in [3.63, 3.8) is 0 Å². The minimum atomic E-state index is -1.79. The predicted octanol–water partition coefficient (Wildman–Crippen LogP) is 3.99. The van der Waals surface area contributed by atoms with Crippen LogP contribution in [0.4, 0.5) is 4.39 Å². The number of aliphatic hydroxyl groups excluding tert-OH is 2. The molecule has 0 radical (unpaired) electrons. The third-order valence-corrected chi connectivity index (χ3v) is 8.45. The molecule has 2 N–H and O–H groups in total. The van der Waals surface area contributed by atoms with Crippen LogP contribution in [0.2, 0.25) is 0 Å². The van der Waals surface area contributed by atoms with Crippen LogP contribution in [0.15, 0.2) is 23.8 Å². The van der Waals surface area contributed by atoms with E-state index in [1.807, 2.05) is 6.92 Å². The summed E-state index contributed by atoms with van der Waals surface area (Å²) in [6.07, 6.45) is 6.38. The summed E-state index contributed by atoms with van der Waals surface area (Å²) in [4.78, 5) is 11.9. The summed E-state index contributed by atoms with van der Waals surface area (Å²) in [6, 6.07) is 0. The van der Waals surface area contributed by atoms with Crippen molar-refractivity contribution in [3.05, 3.63) is 23.8 Å². The highest BCUT2D eigenvalue weighted by molar-refractivity contribution is 6.01. The number of alkyl halides is 1. The van der Waals surface area contributed by atoms with Crippen LogP contribution in [-0.2, 0) is 4.79 Å². The second-order valence-electron chi connectivity index (χ2n) is 10.3. The lowest BCUT2D eigenvalue weighted by Gasteiger charge is -2.62. The molecule has 3 fully saturated rings. The summed E-state index contributed by atoms with van der Waals surface area (Å²) in [5.74, 6) is 0.196. The van der Waals surface area contributed by atoms with Crippen LogP contribution in [0.1, 0.15) is 59.8 Å². The first-order chi connectivity index (χ1) is 12.6.